The summed E-state index contributed by atoms with van der Waals surface area (Å²) in [5.41, 5.74) is 4.22. The van der Waals surface area contributed by atoms with Crippen molar-refractivity contribution in [3.05, 3.63) is 46.2 Å². The number of hydrogen-bond acceptors (Lipinski definition) is 5. The van der Waals surface area contributed by atoms with Crippen LogP contribution in [-0.4, -0.2) is 37.6 Å². The lowest BCUT2D eigenvalue weighted by atomic mass is 9.85. The van der Waals surface area contributed by atoms with Crippen molar-refractivity contribution in [3.8, 4) is 0 Å². The highest BCUT2D eigenvalue weighted by Gasteiger charge is 2.27. The molecule has 1 aliphatic rings. The van der Waals surface area contributed by atoms with Gasteiger partial charge in [-0.3, -0.25) is 14.6 Å². The number of carbonyl (C=O) groups excluding carboxylic acids is 1. The van der Waals surface area contributed by atoms with Gasteiger partial charge in [-0.2, -0.15) is 0 Å². The number of nitrogens with one attached hydrogen (secondary N) is 1. The fourth-order valence-corrected chi connectivity index (χ4v) is 5.78. The van der Waals surface area contributed by atoms with Crippen molar-refractivity contribution >= 4 is 34.2 Å². The van der Waals surface area contributed by atoms with Crippen LogP contribution in [0.15, 0.2) is 29.9 Å². The first-order valence-electron chi connectivity index (χ1n) is 12.2. The molecule has 34 heavy (non-hydrogen) atoms. The zero-order valence-electron chi connectivity index (χ0n) is 20.2. The number of carboxylic acid groups (broad SMARTS) is 1. The fraction of sp³-hybridized carbons (Fsp3) is 0.538. The van der Waals surface area contributed by atoms with Crippen molar-refractivity contribution in [2.24, 2.45) is 11.8 Å². The van der Waals surface area contributed by atoms with Crippen molar-refractivity contribution in [2.75, 3.05) is 0 Å². The molecule has 3 unspecified atom stereocenters. The molecule has 3 atom stereocenters. The summed E-state index contributed by atoms with van der Waals surface area (Å²) in [6.45, 7) is 6.37. The van der Waals surface area contributed by atoms with Crippen LogP contribution in [0.25, 0.3) is 11.0 Å². The number of thiazole rings is 1. The highest BCUT2D eigenvalue weighted by molar-refractivity contribution is 7.09. The van der Waals surface area contributed by atoms with Gasteiger partial charge in [0, 0.05) is 35.1 Å². The summed E-state index contributed by atoms with van der Waals surface area (Å²) in [6, 6.07) is 5.68. The largest absolute Gasteiger partial charge is 0.481 e. The maximum Gasteiger partial charge on any atom is 0.305 e. The van der Waals surface area contributed by atoms with Gasteiger partial charge in [-0.15, -0.1) is 11.3 Å². The topological polar surface area (TPSA) is 97.1 Å². The normalized spacial score (nSPS) is 19.4. The Labute approximate surface area is 204 Å². The number of aliphatic carboxylic acids is 1. The molecule has 8 heteroatoms. The van der Waals surface area contributed by atoms with Crippen LogP contribution in [0.3, 0.4) is 0 Å². The summed E-state index contributed by atoms with van der Waals surface area (Å²) in [4.78, 5) is 34.7. The van der Waals surface area contributed by atoms with Crippen molar-refractivity contribution in [1.82, 2.24) is 19.9 Å². The first-order chi connectivity index (χ1) is 16.3. The molecule has 0 spiro atoms. The van der Waals surface area contributed by atoms with E-state index in [1.165, 1.54) is 24.1 Å². The minimum atomic E-state index is -0.908. The molecule has 1 aromatic carbocycles. The van der Waals surface area contributed by atoms with Crippen molar-refractivity contribution in [1.29, 1.82) is 0 Å². The predicted molar refractivity (Wildman–Crippen MR) is 134 cm³/mol. The van der Waals surface area contributed by atoms with Crippen LogP contribution in [0.4, 0.5) is 0 Å². The monoisotopic (exact) mass is 482 g/mol. The second-order valence-electron chi connectivity index (χ2n) is 9.97. The second-order valence-corrected chi connectivity index (χ2v) is 10.9. The van der Waals surface area contributed by atoms with E-state index in [4.69, 9.17) is 4.98 Å². The number of carboxylic acids is 1. The summed E-state index contributed by atoms with van der Waals surface area (Å²) in [5.74, 6) is 0.712. The number of carbonyl (C=O) groups is 2. The zero-order valence-corrected chi connectivity index (χ0v) is 21.0. The predicted octanol–water partition coefficient (Wildman–Crippen LogP) is 5.45. The molecule has 0 bridgehead atoms. The molecular formula is C26H34N4O3S. The molecular weight excluding hydrogens is 448 g/mol. The van der Waals surface area contributed by atoms with Crippen LogP contribution < -0.4 is 5.32 Å². The van der Waals surface area contributed by atoms with Crippen LogP contribution in [0.5, 0.6) is 0 Å². The van der Waals surface area contributed by atoms with Crippen molar-refractivity contribution < 1.29 is 14.7 Å². The van der Waals surface area contributed by atoms with Crippen LogP contribution in [0.1, 0.15) is 86.4 Å². The summed E-state index contributed by atoms with van der Waals surface area (Å²) in [6.07, 6.45) is 7.99. The fourth-order valence-electron chi connectivity index (χ4n) is 5.19. The first kappa shape index (κ1) is 24.4. The number of aromatic nitrogens is 3. The second kappa shape index (κ2) is 10.7. The Hall–Kier alpha value is -2.74. The lowest BCUT2D eigenvalue weighted by Gasteiger charge is -2.31. The summed E-state index contributed by atoms with van der Waals surface area (Å²) >= 11 is 1.63. The molecule has 4 rings (SSSR count). The molecule has 1 aliphatic carbocycles. The molecule has 3 aromatic rings. The Morgan fingerprint density at radius 3 is 2.74 bits per heavy atom. The molecule has 7 nitrogen and oxygen atoms in total. The van der Waals surface area contributed by atoms with Crippen molar-refractivity contribution in [2.45, 2.75) is 77.8 Å². The summed E-state index contributed by atoms with van der Waals surface area (Å²) in [5, 5.41) is 12.2. The molecule has 2 N–H and O–H groups in total. The highest BCUT2D eigenvalue weighted by atomic mass is 32.1. The molecule has 1 fully saturated rings. The van der Waals surface area contributed by atoms with Gasteiger partial charge in [0.1, 0.15) is 5.82 Å². The van der Waals surface area contributed by atoms with E-state index in [-0.39, 0.29) is 18.2 Å². The number of imidazole rings is 1. The number of rotatable bonds is 9. The van der Waals surface area contributed by atoms with E-state index in [0.29, 0.717) is 23.9 Å². The Bertz CT molecular complexity index is 1140. The molecule has 182 valence electrons. The standard InChI is InChI=1S/C26H34N4O3S/c1-16(2)10-19(12-25(31)32)28-26(33)18-8-9-23-21(11-18)29-24(13-20-14-27-15-34-20)30(23)22-7-5-4-6-17(22)3/h8-9,11,14-17,19,22H,4-7,10,12-13H2,1-3H3,(H,28,33)(H,31,32). The van der Waals surface area contributed by atoms with E-state index < -0.39 is 12.0 Å². The molecule has 0 radical (unpaired) electrons. The average Bonchev–Trinajstić information content (AvgIpc) is 3.40. The van der Waals surface area contributed by atoms with Crippen LogP contribution in [0.2, 0.25) is 0 Å². The van der Waals surface area contributed by atoms with Gasteiger partial charge in [-0.1, -0.05) is 33.6 Å². The molecule has 1 saturated carbocycles. The molecule has 1 amide bonds. The van der Waals surface area contributed by atoms with E-state index in [2.05, 4.69) is 21.8 Å². The number of amides is 1. The maximum atomic E-state index is 13.0. The number of hydrogen-bond donors (Lipinski definition) is 2. The molecule has 2 heterocycles. The minimum absolute atomic E-state index is 0.0840. The van der Waals surface area contributed by atoms with E-state index >= 15 is 0 Å². The quantitative estimate of drug-likeness (QED) is 0.422. The van der Waals surface area contributed by atoms with Crippen LogP contribution in [-0.2, 0) is 11.2 Å². The lowest BCUT2D eigenvalue weighted by Crippen LogP contribution is -2.37. The number of nitrogens with zero attached hydrogens (tertiary/aromatic N) is 3. The van der Waals surface area contributed by atoms with Gasteiger partial charge >= 0.3 is 5.97 Å². The number of fused-ring (bicyclic) bond motifs is 1. The minimum Gasteiger partial charge on any atom is -0.481 e. The Morgan fingerprint density at radius 2 is 2.06 bits per heavy atom. The Balaban J connectivity index is 1.66. The van der Waals surface area contributed by atoms with Crippen LogP contribution >= 0.6 is 11.3 Å². The van der Waals surface area contributed by atoms with Gasteiger partial charge in [0.05, 0.1) is 23.0 Å². The lowest BCUT2D eigenvalue weighted by molar-refractivity contribution is -0.137. The SMILES string of the molecule is CC(C)CC(CC(=O)O)NC(=O)c1ccc2c(c1)nc(Cc1cncs1)n2C1CCCCC1C. The van der Waals surface area contributed by atoms with E-state index in [0.717, 1.165) is 29.7 Å². The van der Waals surface area contributed by atoms with Gasteiger partial charge in [0.25, 0.3) is 5.91 Å². The van der Waals surface area contributed by atoms with Crippen molar-refractivity contribution in [3.63, 3.8) is 0 Å². The molecule has 0 aliphatic heterocycles. The van der Waals surface area contributed by atoms with Gasteiger partial charge in [0.2, 0.25) is 0 Å². The molecule has 0 saturated heterocycles. The average molecular weight is 483 g/mol. The summed E-state index contributed by atoms with van der Waals surface area (Å²) < 4.78 is 2.40. The third kappa shape index (κ3) is 5.66. The maximum absolute atomic E-state index is 13.0. The number of benzene rings is 1. The Morgan fingerprint density at radius 1 is 1.26 bits per heavy atom. The van der Waals surface area contributed by atoms with Gasteiger partial charge in [-0.25, -0.2) is 4.98 Å². The van der Waals surface area contributed by atoms with E-state index in [1.54, 1.807) is 11.3 Å². The first-order valence-corrected chi connectivity index (χ1v) is 13.1. The van der Waals surface area contributed by atoms with Gasteiger partial charge in [-0.05, 0) is 49.3 Å². The summed E-state index contributed by atoms with van der Waals surface area (Å²) in [7, 11) is 0. The smallest absolute Gasteiger partial charge is 0.305 e. The zero-order chi connectivity index (χ0) is 24.2. The van der Waals surface area contributed by atoms with E-state index in [9.17, 15) is 14.7 Å². The highest BCUT2D eigenvalue weighted by Crippen LogP contribution is 2.37. The van der Waals surface area contributed by atoms with Gasteiger partial charge < -0.3 is 15.0 Å². The third-order valence-corrected chi connectivity index (χ3v) is 7.53. The third-order valence-electron chi connectivity index (χ3n) is 6.75. The van der Waals surface area contributed by atoms with E-state index in [1.807, 2.05) is 43.8 Å². The Kier molecular flexibility index (Phi) is 7.66. The molecule has 2 aromatic heterocycles. The van der Waals surface area contributed by atoms with Crippen LogP contribution in [0, 0.1) is 11.8 Å². The van der Waals surface area contributed by atoms with Gasteiger partial charge in [0.15, 0.2) is 0 Å².